The average molecular weight is 266 g/mol. The predicted octanol–water partition coefficient (Wildman–Crippen LogP) is 3.65. The van der Waals surface area contributed by atoms with Gasteiger partial charge in [-0.3, -0.25) is 5.32 Å². The third kappa shape index (κ3) is 5.93. The zero-order chi connectivity index (χ0) is 14.0. The predicted molar refractivity (Wildman–Crippen MR) is 78.9 cm³/mol. The molecule has 0 saturated heterocycles. The van der Waals surface area contributed by atoms with Crippen molar-refractivity contribution in [1.82, 2.24) is 5.32 Å². The third-order valence-corrected chi connectivity index (χ3v) is 4.25. The van der Waals surface area contributed by atoms with E-state index in [1.165, 1.54) is 25.7 Å². The molecule has 110 valence electrons. The van der Waals surface area contributed by atoms with E-state index in [1.807, 2.05) is 0 Å². The highest BCUT2D eigenvalue weighted by Crippen LogP contribution is 2.25. The molecular formula is C16H30N2O. The minimum absolute atomic E-state index is 0.341. The summed E-state index contributed by atoms with van der Waals surface area (Å²) in [6.07, 6.45) is 9.25. The number of nitrogens with one attached hydrogen (secondary N) is 1. The molecule has 1 rings (SSSR count). The van der Waals surface area contributed by atoms with Crippen LogP contribution in [0.4, 0.5) is 0 Å². The van der Waals surface area contributed by atoms with E-state index in [1.54, 1.807) is 0 Å². The monoisotopic (exact) mass is 266 g/mol. The molecule has 0 aliphatic heterocycles. The SMILES string of the molecule is CCCNC(C#N)(CC)CCCOCC1CCCC1. The molecule has 1 aliphatic carbocycles. The van der Waals surface area contributed by atoms with Crippen molar-refractivity contribution in [2.24, 2.45) is 5.92 Å². The van der Waals surface area contributed by atoms with Gasteiger partial charge in [-0.05, 0) is 51.0 Å². The Morgan fingerprint density at radius 1 is 1.32 bits per heavy atom. The second-order valence-corrected chi connectivity index (χ2v) is 5.80. The minimum atomic E-state index is -0.341. The van der Waals surface area contributed by atoms with Gasteiger partial charge >= 0.3 is 0 Å². The summed E-state index contributed by atoms with van der Waals surface area (Å²) in [4.78, 5) is 0. The minimum Gasteiger partial charge on any atom is -0.381 e. The molecule has 0 amide bonds. The maximum Gasteiger partial charge on any atom is 0.106 e. The maximum atomic E-state index is 9.38. The van der Waals surface area contributed by atoms with Gasteiger partial charge in [0.05, 0.1) is 6.07 Å². The molecule has 0 aromatic carbocycles. The number of hydrogen-bond donors (Lipinski definition) is 1. The van der Waals surface area contributed by atoms with E-state index in [-0.39, 0.29) is 5.54 Å². The van der Waals surface area contributed by atoms with E-state index in [2.05, 4.69) is 25.2 Å². The topological polar surface area (TPSA) is 45.0 Å². The van der Waals surface area contributed by atoms with Crippen LogP contribution in [0.1, 0.15) is 65.2 Å². The van der Waals surface area contributed by atoms with E-state index in [9.17, 15) is 5.26 Å². The Labute approximate surface area is 118 Å². The Bertz CT molecular complexity index is 268. The molecule has 1 N–H and O–H groups in total. The molecule has 1 saturated carbocycles. The third-order valence-electron chi connectivity index (χ3n) is 4.25. The number of ether oxygens (including phenoxy) is 1. The first-order chi connectivity index (χ1) is 9.26. The van der Waals surface area contributed by atoms with E-state index in [0.717, 1.165) is 51.4 Å². The summed E-state index contributed by atoms with van der Waals surface area (Å²) in [5, 5.41) is 12.8. The molecule has 19 heavy (non-hydrogen) atoms. The molecule has 3 heteroatoms. The van der Waals surface area contributed by atoms with Crippen LogP contribution >= 0.6 is 0 Å². The summed E-state index contributed by atoms with van der Waals surface area (Å²) >= 11 is 0. The molecule has 1 fully saturated rings. The number of nitriles is 1. The van der Waals surface area contributed by atoms with Crippen molar-refractivity contribution < 1.29 is 4.74 Å². The summed E-state index contributed by atoms with van der Waals surface area (Å²) in [7, 11) is 0. The Hall–Kier alpha value is -0.590. The van der Waals surface area contributed by atoms with Crippen molar-refractivity contribution in [1.29, 1.82) is 5.26 Å². The lowest BCUT2D eigenvalue weighted by Gasteiger charge is -2.26. The molecule has 0 radical (unpaired) electrons. The van der Waals surface area contributed by atoms with Crippen molar-refractivity contribution in [3.63, 3.8) is 0 Å². The smallest absolute Gasteiger partial charge is 0.106 e. The lowest BCUT2D eigenvalue weighted by Crippen LogP contribution is -2.44. The lowest BCUT2D eigenvalue weighted by molar-refractivity contribution is 0.0944. The van der Waals surface area contributed by atoms with Gasteiger partial charge in [0.1, 0.15) is 5.54 Å². The average Bonchev–Trinajstić information content (AvgIpc) is 2.95. The van der Waals surface area contributed by atoms with Gasteiger partial charge in [-0.2, -0.15) is 5.26 Å². The maximum absolute atomic E-state index is 9.38. The summed E-state index contributed by atoms with van der Waals surface area (Å²) in [6.45, 7) is 6.87. The van der Waals surface area contributed by atoms with E-state index >= 15 is 0 Å². The van der Waals surface area contributed by atoms with Crippen LogP contribution in [-0.4, -0.2) is 25.3 Å². The fraction of sp³-hybridized carbons (Fsp3) is 0.938. The van der Waals surface area contributed by atoms with Gasteiger partial charge in [-0.1, -0.05) is 26.7 Å². The zero-order valence-electron chi connectivity index (χ0n) is 12.7. The fourth-order valence-corrected chi connectivity index (χ4v) is 2.83. The van der Waals surface area contributed by atoms with Gasteiger partial charge in [-0.15, -0.1) is 0 Å². The second kappa shape index (κ2) is 9.34. The van der Waals surface area contributed by atoms with Crippen LogP contribution in [0.15, 0.2) is 0 Å². The van der Waals surface area contributed by atoms with Crippen LogP contribution in [-0.2, 0) is 4.74 Å². The van der Waals surface area contributed by atoms with Gasteiger partial charge in [0.25, 0.3) is 0 Å². The highest BCUT2D eigenvalue weighted by molar-refractivity contribution is 5.06. The van der Waals surface area contributed by atoms with Crippen LogP contribution < -0.4 is 5.32 Å². The molecule has 1 unspecified atom stereocenters. The molecule has 0 aromatic rings. The van der Waals surface area contributed by atoms with Crippen molar-refractivity contribution in [2.75, 3.05) is 19.8 Å². The second-order valence-electron chi connectivity index (χ2n) is 5.80. The Balaban J connectivity index is 2.15. The highest BCUT2D eigenvalue weighted by atomic mass is 16.5. The van der Waals surface area contributed by atoms with Crippen molar-refractivity contribution in [2.45, 2.75) is 70.8 Å². The molecule has 3 nitrogen and oxygen atoms in total. The van der Waals surface area contributed by atoms with E-state index < -0.39 is 0 Å². The van der Waals surface area contributed by atoms with Gasteiger partial charge in [-0.25, -0.2) is 0 Å². The van der Waals surface area contributed by atoms with Gasteiger partial charge < -0.3 is 4.74 Å². The molecule has 1 aliphatic rings. The molecular weight excluding hydrogens is 236 g/mol. The summed E-state index contributed by atoms with van der Waals surface area (Å²) in [6, 6.07) is 2.47. The van der Waals surface area contributed by atoms with Crippen molar-refractivity contribution >= 4 is 0 Å². The van der Waals surface area contributed by atoms with Crippen LogP contribution in [0, 0.1) is 17.2 Å². The van der Waals surface area contributed by atoms with Gasteiger partial charge in [0.2, 0.25) is 0 Å². The van der Waals surface area contributed by atoms with Crippen LogP contribution in [0.2, 0.25) is 0 Å². The Kier molecular flexibility index (Phi) is 8.09. The Morgan fingerprint density at radius 3 is 2.63 bits per heavy atom. The number of rotatable bonds is 10. The van der Waals surface area contributed by atoms with Gasteiger partial charge in [0, 0.05) is 13.2 Å². The highest BCUT2D eigenvalue weighted by Gasteiger charge is 2.26. The largest absolute Gasteiger partial charge is 0.381 e. The van der Waals surface area contributed by atoms with E-state index in [4.69, 9.17) is 4.74 Å². The first-order valence-electron chi connectivity index (χ1n) is 8.00. The van der Waals surface area contributed by atoms with Crippen molar-refractivity contribution in [3.8, 4) is 6.07 Å². The first-order valence-corrected chi connectivity index (χ1v) is 8.00. The fourth-order valence-electron chi connectivity index (χ4n) is 2.83. The van der Waals surface area contributed by atoms with Crippen molar-refractivity contribution in [3.05, 3.63) is 0 Å². The van der Waals surface area contributed by atoms with E-state index in [0.29, 0.717) is 0 Å². The first kappa shape index (κ1) is 16.5. The molecule has 0 heterocycles. The summed E-state index contributed by atoms with van der Waals surface area (Å²) in [5.41, 5.74) is -0.341. The van der Waals surface area contributed by atoms with Crippen LogP contribution in [0.5, 0.6) is 0 Å². The van der Waals surface area contributed by atoms with Crippen LogP contribution in [0.3, 0.4) is 0 Å². The Morgan fingerprint density at radius 2 is 2.05 bits per heavy atom. The normalized spacial score (nSPS) is 19.2. The molecule has 0 bridgehead atoms. The number of nitrogens with zero attached hydrogens (tertiary/aromatic N) is 1. The molecule has 0 aromatic heterocycles. The quantitative estimate of drug-likeness (QED) is 0.614. The summed E-state index contributed by atoms with van der Waals surface area (Å²) < 4.78 is 5.77. The molecule has 0 spiro atoms. The number of hydrogen-bond acceptors (Lipinski definition) is 3. The summed E-state index contributed by atoms with van der Waals surface area (Å²) in [5.74, 6) is 0.796. The van der Waals surface area contributed by atoms with Gasteiger partial charge in [0.15, 0.2) is 0 Å². The lowest BCUT2D eigenvalue weighted by atomic mass is 9.92. The van der Waals surface area contributed by atoms with Crippen LogP contribution in [0.25, 0.3) is 0 Å². The molecule has 1 atom stereocenters. The zero-order valence-corrected chi connectivity index (χ0v) is 12.7. The standard InChI is InChI=1S/C16H30N2O/c1-3-11-18-16(4-2,14-17)10-7-12-19-13-15-8-5-6-9-15/h15,18H,3-13H2,1-2H3.